The van der Waals surface area contributed by atoms with Gasteiger partial charge in [-0.1, -0.05) is 29.3 Å². The molecule has 0 fully saturated rings. The third kappa shape index (κ3) is 3.42. The summed E-state index contributed by atoms with van der Waals surface area (Å²) in [4.78, 5) is 28.5. The highest BCUT2D eigenvalue weighted by Crippen LogP contribution is 2.21. The molecular formula is C17H12Cl2N2O3. The van der Waals surface area contributed by atoms with Crippen LogP contribution in [0.2, 0.25) is 10.0 Å². The predicted octanol–water partition coefficient (Wildman–Crippen LogP) is 3.67. The normalized spacial score (nSPS) is 10.8. The highest BCUT2D eigenvalue weighted by Gasteiger charge is 2.13. The molecule has 0 atom stereocenters. The number of fused-ring (bicyclic) bond motifs is 1. The van der Waals surface area contributed by atoms with Crippen molar-refractivity contribution in [3.8, 4) is 0 Å². The summed E-state index contributed by atoms with van der Waals surface area (Å²) < 4.78 is 6.63. The van der Waals surface area contributed by atoms with Crippen molar-refractivity contribution >= 4 is 34.8 Å². The van der Waals surface area contributed by atoms with Crippen LogP contribution >= 0.6 is 23.2 Å². The molecule has 0 amide bonds. The fourth-order valence-electron chi connectivity index (χ4n) is 2.20. The molecule has 0 bridgehead atoms. The molecule has 0 saturated carbocycles. The summed E-state index contributed by atoms with van der Waals surface area (Å²) in [6, 6.07) is 9.42. The van der Waals surface area contributed by atoms with Crippen LogP contribution in [0, 0.1) is 6.92 Å². The third-order valence-corrected chi connectivity index (χ3v) is 3.91. The molecule has 0 aliphatic carbocycles. The molecule has 1 aromatic carbocycles. The first-order valence-corrected chi connectivity index (χ1v) is 7.81. The van der Waals surface area contributed by atoms with Crippen molar-refractivity contribution in [3.63, 3.8) is 0 Å². The van der Waals surface area contributed by atoms with E-state index in [4.69, 9.17) is 27.9 Å². The van der Waals surface area contributed by atoms with Gasteiger partial charge in [-0.15, -0.1) is 0 Å². The number of rotatable bonds is 3. The average molecular weight is 363 g/mol. The molecule has 0 unspecified atom stereocenters. The number of esters is 1. The zero-order valence-corrected chi connectivity index (χ0v) is 14.1. The number of carbonyl (C=O) groups is 1. The van der Waals surface area contributed by atoms with Crippen LogP contribution in [0.25, 0.3) is 5.65 Å². The predicted molar refractivity (Wildman–Crippen MR) is 91.8 cm³/mol. The molecule has 3 aromatic rings. The number of nitrogens with zero attached hydrogens (tertiary/aromatic N) is 2. The number of ether oxygens (including phenoxy) is 1. The minimum Gasteiger partial charge on any atom is -0.456 e. The van der Waals surface area contributed by atoms with Gasteiger partial charge in [-0.3, -0.25) is 9.20 Å². The second-order valence-corrected chi connectivity index (χ2v) is 6.06. The number of hydrogen-bond donors (Lipinski definition) is 0. The Labute approximate surface area is 147 Å². The van der Waals surface area contributed by atoms with E-state index in [1.165, 1.54) is 22.6 Å². The molecule has 2 aromatic heterocycles. The Morgan fingerprint density at radius 2 is 2.00 bits per heavy atom. The molecule has 3 rings (SSSR count). The molecule has 122 valence electrons. The summed E-state index contributed by atoms with van der Waals surface area (Å²) in [7, 11) is 0. The highest BCUT2D eigenvalue weighted by atomic mass is 35.5. The van der Waals surface area contributed by atoms with E-state index in [1.807, 2.05) is 13.0 Å². The molecule has 0 saturated heterocycles. The lowest BCUT2D eigenvalue weighted by molar-refractivity contribution is 0.0468. The Hall–Kier alpha value is -2.37. The zero-order chi connectivity index (χ0) is 17.3. The maximum atomic E-state index is 12.1. The maximum Gasteiger partial charge on any atom is 0.340 e. The number of benzene rings is 1. The van der Waals surface area contributed by atoms with Crippen LogP contribution < -0.4 is 5.56 Å². The number of aromatic nitrogens is 2. The van der Waals surface area contributed by atoms with Gasteiger partial charge in [-0.05, 0) is 36.8 Å². The van der Waals surface area contributed by atoms with Crippen LogP contribution in [0.4, 0.5) is 0 Å². The lowest BCUT2D eigenvalue weighted by atomic mass is 10.2. The van der Waals surface area contributed by atoms with Gasteiger partial charge in [0, 0.05) is 17.3 Å². The van der Waals surface area contributed by atoms with Crippen LogP contribution in [-0.4, -0.2) is 15.4 Å². The lowest BCUT2D eigenvalue weighted by Gasteiger charge is -2.07. The highest BCUT2D eigenvalue weighted by molar-refractivity contribution is 6.36. The van der Waals surface area contributed by atoms with Gasteiger partial charge in [0.2, 0.25) is 0 Å². The molecule has 0 radical (unpaired) electrons. The van der Waals surface area contributed by atoms with Gasteiger partial charge in [-0.2, -0.15) is 0 Å². The number of aryl methyl sites for hydroxylation is 1. The first-order valence-electron chi connectivity index (χ1n) is 7.05. The Morgan fingerprint density at radius 1 is 1.21 bits per heavy atom. The van der Waals surface area contributed by atoms with Crippen LogP contribution in [-0.2, 0) is 11.3 Å². The van der Waals surface area contributed by atoms with E-state index in [0.717, 1.165) is 5.56 Å². The minimum atomic E-state index is -0.609. The number of hydrogen-bond acceptors (Lipinski definition) is 4. The molecule has 0 spiro atoms. The SMILES string of the molecule is Cc1ccc2nc(COC(=O)c3ccc(Cl)cc3Cl)cc(=O)n2c1. The molecule has 7 heteroatoms. The number of carbonyl (C=O) groups excluding carboxylic acids is 1. The summed E-state index contributed by atoms with van der Waals surface area (Å²) in [5.41, 5.74) is 1.77. The van der Waals surface area contributed by atoms with Gasteiger partial charge in [0.25, 0.3) is 5.56 Å². The Balaban J connectivity index is 1.81. The van der Waals surface area contributed by atoms with Gasteiger partial charge in [0.05, 0.1) is 16.3 Å². The Morgan fingerprint density at radius 3 is 2.75 bits per heavy atom. The van der Waals surface area contributed by atoms with Gasteiger partial charge >= 0.3 is 5.97 Å². The van der Waals surface area contributed by atoms with Crippen molar-refractivity contribution in [2.24, 2.45) is 0 Å². The van der Waals surface area contributed by atoms with Crippen molar-refractivity contribution in [1.82, 2.24) is 9.38 Å². The van der Waals surface area contributed by atoms with E-state index < -0.39 is 5.97 Å². The fourth-order valence-corrected chi connectivity index (χ4v) is 2.69. The van der Waals surface area contributed by atoms with E-state index in [-0.39, 0.29) is 22.8 Å². The Kier molecular flexibility index (Phi) is 4.55. The van der Waals surface area contributed by atoms with Gasteiger partial charge < -0.3 is 4.74 Å². The van der Waals surface area contributed by atoms with Gasteiger partial charge in [0.15, 0.2) is 0 Å². The number of pyridine rings is 1. The summed E-state index contributed by atoms with van der Waals surface area (Å²) in [5.74, 6) is -0.609. The molecular weight excluding hydrogens is 351 g/mol. The van der Waals surface area contributed by atoms with E-state index in [9.17, 15) is 9.59 Å². The molecule has 5 nitrogen and oxygen atoms in total. The summed E-state index contributed by atoms with van der Waals surface area (Å²) in [5, 5.41) is 0.630. The van der Waals surface area contributed by atoms with E-state index in [2.05, 4.69) is 4.98 Å². The van der Waals surface area contributed by atoms with Crippen molar-refractivity contribution < 1.29 is 9.53 Å². The smallest absolute Gasteiger partial charge is 0.340 e. The van der Waals surface area contributed by atoms with Gasteiger partial charge in [0.1, 0.15) is 12.3 Å². The van der Waals surface area contributed by atoms with Crippen molar-refractivity contribution in [3.05, 3.63) is 79.8 Å². The molecule has 0 N–H and O–H groups in total. The van der Waals surface area contributed by atoms with Crippen LogP contribution in [0.15, 0.2) is 47.4 Å². The first-order chi connectivity index (χ1) is 11.4. The molecule has 24 heavy (non-hydrogen) atoms. The Bertz CT molecular complexity index is 999. The second-order valence-electron chi connectivity index (χ2n) is 5.22. The van der Waals surface area contributed by atoms with Crippen LogP contribution in [0.1, 0.15) is 21.6 Å². The van der Waals surface area contributed by atoms with Crippen molar-refractivity contribution in [1.29, 1.82) is 0 Å². The van der Waals surface area contributed by atoms with E-state index in [1.54, 1.807) is 18.3 Å². The summed E-state index contributed by atoms with van der Waals surface area (Å²) in [6.45, 7) is 1.76. The van der Waals surface area contributed by atoms with Crippen molar-refractivity contribution in [2.45, 2.75) is 13.5 Å². The van der Waals surface area contributed by atoms with Crippen LogP contribution in [0.5, 0.6) is 0 Å². The average Bonchev–Trinajstić information content (AvgIpc) is 2.53. The minimum absolute atomic E-state index is 0.128. The number of halogens is 2. The van der Waals surface area contributed by atoms with Crippen LogP contribution in [0.3, 0.4) is 0 Å². The maximum absolute atomic E-state index is 12.1. The monoisotopic (exact) mass is 362 g/mol. The van der Waals surface area contributed by atoms with E-state index >= 15 is 0 Å². The first kappa shape index (κ1) is 16.5. The standard InChI is InChI=1S/C17H12Cl2N2O3/c1-10-2-5-15-20-12(7-16(22)21(15)8-10)9-24-17(23)13-4-3-11(18)6-14(13)19/h2-8H,9H2,1H3. The van der Waals surface area contributed by atoms with Gasteiger partial charge in [-0.25, -0.2) is 9.78 Å². The third-order valence-electron chi connectivity index (χ3n) is 3.36. The second kappa shape index (κ2) is 6.63. The fraction of sp³-hybridized carbons (Fsp3) is 0.118. The zero-order valence-electron chi connectivity index (χ0n) is 12.6. The largest absolute Gasteiger partial charge is 0.456 e. The molecule has 2 heterocycles. The lowest BCUT2D eigenvalue weighted by Crippen LogP contribution is -2.17. The quantitative estimate of drug-likeness (QED) is 0.667. The topological polar surface area (TPSA) is 60.7 Å². The molecule has 0 aliphatic rings. The van der Waals surface area contributed by atoms with E-state index in [0.29, 0.717) is 16.4 Å². The molecule has 0 aliphatic heterocycles. The summed E-state index contributed by atoms with van der Waals surface area (Å²) >= 11 is 11.8. The van der Waals surface area contributed by atoms with Crippen molar-refractivity contribution in [2.75, 3.05) is 0 Å². The summed E-state index contributed by atoms with van der Waals surface area (Å²) in [6.07, 6.45) is 1.70.